The third kappa shape index (κ3) is 6.38. The van der Waals surface area contributed by atoms with E-state index in [1.165, 1.54) is 19.3 Å². The van der Waals surface area contributed by atoms with Gasteiger partial charge >= 0.3 is 0 Å². The van der Waals surface area contributed by atoms with Crippen LogP contribution in [0.5, 0.6) is 0 Å². The van der Waals surface area contributed by atoms with E-state index in [0.29, 0.717) is 12.1 Å². The summed E-state index contributed by atoms with van der Waals surface area (Å²) in [5, 5.41) is 7.08. The lowest BCUT2D eigenvalue weighted by Gasteiger charge is -2.39. The summed E-state index contributed by atoms with van der Waals surface area (Å²) < 4.78 is 5.52. The highest BCUT2D eigenvalue weighted by atomic mass is 127. The van der Waals surface area contributed by atoms with Crippen LogP contribution in [0.2, 0.25) is 0 Å². The first-order valence-corrected chi connectivity index (χ1v) is 8.98. The summed E-state index contributed by atoms with van der Waals surface area (Å²) >= 11 is 0. The summed E-state index contributed by atoms with van der Waals surface area (Å²) in [6, 6.07) is 1.18. The summed E-state index contributed by atoms with van der Waals surface area (Å²) in [6.07, 6.45) is 3.72. The molecule has 0 spiro atoms. The van der Waals surface area contributed by atoms with Gasteiger partial charge in [0.25, 0.3) is 0 Å². The van der Waals surface area contributed by atoms with Crippen molar-refractivity contribution in [3.63, 3.8) is 0 Å². The number of hydrogen-bond acceptors (Lipinski definition) is 3. The Morgan fingerprint density at radius 2 is 1.87 bits per heavy atom. The second kappa shape index (κ2) is 10.7. The minimum atomic E-state index is 0. The molecule has 2 fully saturated rings. The molecule has 1 aliphatic heterocycles. The first-order chi connectivity index (χ1) is 10.7. The monoisotopic (exact) mass is 438 g/mol. The molecule has 2 N–H and O–H groups in total. The maximum atomic E-state index is 5.52. The van der Waals surface area contributed by atoms with E-state index in [1.54, 1.807) is 0 Å². The first kappa shape index (κ1) is 21.0. The first-order valence-electron chi connectivity index (χ1n) is 8.98. The Morgan fingerprint density at radius 1 is 1.26 bits per heavy atom. The van der Waals surface area contributed by atoms with E-state index in [9.17, 15) is 0 Å². The SMILES string of the molecule is CCC(CC)C(CNC(=NC)NC1CC1C)N1CCOCC1.I. The third-order valence-corrected chi connectivity index (χ3v) is 5.24. The van der Waals surface area contributed by atoms with Gasteiger partial charge in [0.1, 0.15) is 0 Å². The van der Waals surface area contributed by atoms with Crippen molar-refractivity contribution in [1.82, 2.24) is 15.5 Å². The zero-order valence-electron chi connectivity index (χ0n) is 15.2. The molecule has 23 heavy (non-hydrogen) atoms. The van der Waals surface area contributed by atoms with Gasteiger partial charge in [0.05, 0.1) is 13.2 Å². The summed E-state index contributed by atoms with van der Waals surface area (Å²) in [5.41, 5.74) is 0. The number of rotatable bonds is 7. The number of nitrogens with one attached hydrogen (secondary N) is 2. The Balaban J connectivity index is 0.00000264. The number of guanidine groups is 1. The molecular weight excluding hydrogens is 403 g/mol. The molecule has 136 valence electrons. The fourth-order valence-electron chi connectivity index (χ4n) is 3.43. The highest BCUT2D eigenvalue weighted by Gasteiger charge is 2.33. The lowest BCUT2D eigenvalue weighted by molar-refractivity contribution is 0.00272. The molecule has 5 nitrogen and oxygen atoms in total. The van der Waals surface area contributed by atoms with Crippen LogP contribution < -0.4 is 10.6 Å². The number of hydrogen-bond donors (Lipinski definition) is 2. The summed E-state index contributed by atoms with van der Waals surface area (Å²) in [7, 11) is 1.86. The van der Waals surface area contributed by atoms with Crippen molar-refractivity contribution in [3.05, 3.63) is 0 Å². The van der Waals surface area contributed by atoms with E-state index in [4.69, 9.17) is 4.74 Å². The Hall–Kier alpha value is -0.0800. The molecule has 1 saturated heterocycles. The van der Waals surface area contributed by atoms with E-state index in [2.05, 4.69) is 41.3 Å². The van der Waals surface area contributed by atoms with E-state index >= 15 is 0 Å². The van der Waals surface area contributed by atoms with Crippen molar-refractivity contribution >= 4 is 29.9 Å². The molecule has 0 aromatic rings. The van der Waals surface area contributed by atoms with Crippen molar-refractivity contribution in [2.24, 2.45) is 16.8 Å². The standard InChI is InChI=1S/C17H34N4O.HI/c1-5-14(6-2)16(21-7-9-22-10-8-21)12-19-17(18-4)20-15-11-13(15)3;/h13-16H,5-12H2,1-4H3,(H2,18,19,20);1H. The van der Waals surface area contributed by atoms with Gasteiger partial charge in [0.2, 0.25) is 0 Å². The largest absolute Gasteiger partial charge is 0.379 e. The van der Waals surface area contributed by atoms with E-state index < -0.39 is 0 Å². The Kier molecular flexibility index (Phi) is 9.77. The van der Waals surface area contributed by atoms with Crippen LogP contribution in [-0.4, -0.2) is 62.8 Å². The zero-order valence-corrected chi connectivity index (χ0v) is 17.5. The maximum absolute atomic E-state index is 5.52. The quantitative estimate of drug-likeness (QED) is 0.364. The van der Waals surface area contributed by atoms with Crippen LogP contribution in [0, 0.1) is 11.8 Å². The Bertz CT molecular complexity index is 357. The molecule has 2 aliphatic rings. The topological polar surface area (TPSA) is 48.9 Å². The molecule has 1 heterocycles. The van der Waals surface area contributed by atoms with Crippen LogP contribution in [0.1, 0.15) is 40.0 Å². The van der Waals surface area contributed by atoms with E-state index in [0.717, 1.165) is 50.6 Å². The fraction of sp³-hybridized carbons (Fsp3) is 0.941. The molecule has 0 radical (unpaired) electrons. The fourth-order valence-corrected chi connectivity index (χ4v) is 3.43. The van der Waals surface area contributed by atoms with Gasteiger partial charge in [-0.1, -0.05) is 33.6 Å². The van der Waals surface area contributed by atoms with Crippen LogP contribution in [0.15, 0.2) is 4.99 Å². The van der Waals surface area contributed by atoms with Crippen molar-refractivity contribution < 1.29 is 4.74 Å². The molecule has 0 amide bonds. The van der Waals surface area contributed by atoms with Gasteiger partial charge in [-0.2, -0.15) is 0 Å². The number of ether oxygens (including phenoxy) is 1. The molecule has 0 aromatic carbocycles. The summed E-state index contributed by atoms with van der Waals surface area (Å²) in [5.74, 6) is 2.47. The molecule has 1 saturated carbocycles. The average molecular weight is 438 g/mol. The molecule has 0 aromatic heterocycles. The predicted molar refractivity (Wildman–Crippen MR) is 108 cm³/mol. The van der Waals surface area contributed by atoms with Crippen LogP contribution in [0.25, 0.3) is 0 Å². The predicted octanol–water partition coefficient (Wildman–Crippen LogP) is 2.31. The van der Waals surface area contributed by atoms with Gasteiger partial charge in [0, 0.05) is 38.8 Å². The van der Waals surface area contributed by atoms with Gasteiger partial charge in [0.15, 0.2) is 5.96 Å². The van der Waals surface area contributed by atoms with Crippen LogP contribution in [-0.2, 0) is 4.74 Å². The number of aliphatic imine (C=N–C) groups is 1. The molecule has 3 unspecified atom stereocenters. The Morgan fingerprint density at radius 3 is 2.35 bits per heavy atom. The minimum Gasteiger partial charge on any atom is -0.379 e. The zero-order chi connectivity index (χ0) is 15.9. The number of nitrogens with zero attached hydrogens (tertiary/aromatic N) is 2. The molecule has 3 atom stereocenters. The van der Waals surface area contributed by atoms with Crippen molar-refractivity contribution in [1.29, 1.82) is 0 Å². The highest BCUT2D eigenvalue weighted by Crippen LogP contribution is 2.28. The van der Waals surface area contributed by atoms with Crippen molar-refractivity contribution in [3.8, 4) is 0 Å². The van der Waals surface area contributed by atoms with Crippen molar-refractivity contribution in [2.75, 3.05) is 39.9 Å². The molecule has 6 heteroatoms. The molecular formula is C17H35IN4O. The third-order valence-electron chi connectivity index (χ3n) is 5.24. The lowest BCUT2D eigenvalue weighted by atomic mass is 9.92. The second-order valence-electron chi connectivity index (χ2n) is 6.71. The second-order valence-corrected chi connectivity index (χ2v) is 6.71. The summed E-state index contributed by atoms with van der Waals surface area (Å²) in [6.45, 7) is 11.7. The molecule has 2 rings (SSSR count). The van der Waals surface area contributed by atoms with Crippen LogP contribution in [0.3, 0.4) is 0 Å². The maximum Gasteiger partial charge on any atom is 0.191 e. The number of morpholine rings is 1. The van der Waals surface area contributed by atoms with Crippen LogP contribution in [0.4, 0.5) is 0 Å². The normalized spacial score (nSPS) is 26.6. The van der Waals surface area contributed by atoms with Gasteiger partial charge in [-0.3, -0.25) is 9.89 Å². The number of halogens is 1. The average Bonchev–Trinajstić information content (AvgIpc) is 3.25. The molecule has 0 bridgehead atoms. The minimum absolute atomic E-state index is 0. The van der Waals surface area contributed by atoms with Crippen molar-refractivity contribution in [2.45, 2.75) is 52.1 Å². The van der Waals surface area contributed by atoms with Gasteiger partial charge in [-0.25, -0.2) is 0 Å². The van der Waals surface area contributed by atoms with E-state index in [1.807, 2.05) is 7.05 Å². The Labute approximate surface area is 159 Å². The van der Waals surface area contributed by atoms with Gasteiger partial charge in [-0.15, -0.1) is 24.0 Å². The molecule has 1 aliphatic carbocycles. The van der Waals surface area contributed by atoms with Gasteiger partial charge < -0.3 is 15.4 Å². The van der Waals surface area contributed by atoms with E-state index in [-0.39, 0.29) is 24.0 Å². The van der Waals surface area contributed by atoms with Gasteiger partial charge in [-0.05, 0) is 18.3 Å². The smallest absolute Gasteiger partial charge is 0.191 e. The highest BCUT2D eigenvalue weighted by molar-refractivity contribution is 14.0. The van der Waals surface area contributed by atoms with Crippen LogP contribution >= 0.6 is 24.0 Å². The summed E-state index contributed by atoms with van der Waals surface area (Å²) in [4.78, 5) is 6.98. The lowest BCUT2D eigenvalue weighted by Crippen LogP contribution is -2.53.